The zero-order valence-electron chi connectivity index (χ0n) is 17.2. The van der Waals surface area contributed by atoms with Gasteiger partial charge in [-0.15, -0.1) is 0 Å². The quantitative estimate of drug-likeness (QED) is 0.774. The average molecular weight is 405 g/mol. The second-order valence-corrected chi connectivity index (χ2v) is 9.31. The molecule has 1 atom stereocenters. The molecule has 28 heavy (non-hydrogen) atoms. The minimum atomic E-state index is -1.30. The van der Waals surface area contributed by atoms with Crippen LogP contribution >= 0.6 is 0 Å². The smallest absolute Gasteiger partial charge is 0.238 e. The third-order valence-electron chi connectivity index (χ3n) is 4.55. The zero-order chi connectivity index (χ0) is 20.6. The number of aliphatic hydroxyl groups excluding tert-OH is 1. The standard InChI is InChI=1S/C11H15NO2S.C11H17NO/c1-11(2)9-14-15(13)12(11)8-10-6-4-3-5-7-10;1-11(2,9-13)12-8-10-6-4-3-5-7-10/h3-7H,8-9H2,1-2H3;3-7,12-13H,8-9H2,1-2H3. The maximum absolute atomic E-state index is 11.6. The van der Waals surface area contributed by atoms with Crippen molar-refractivity contribution < 1.29 is 13.5 Å². The fourth-order valence-electron chi connectivity index (χ4n) is 2.54. The van der Waals surface area contributed by atoms with E-state index in [1.165, 1.54) is 5.56 Å². The lowest BCUT2D eigenvalue weighted by molar-refractivity contribution is 0.187. The van der Waals surface area contributed by atoms with Crippen molar-refractivity contribution in [3.05, 3.63) is 71.8 Å². The summed E-state index contributed by atoms with van der Waals surface area (Å²) in [5.74, 6) is 0. The highest BCUT2D eigenvalue weighted by Gasteiger charge is 2.39. The Morgan fingerprint density at radius 3 is 2.07 bits per heavy atom. The Morgan fingerprint density at radius 2 is 1.61 bits per heavy atom. The Bertz CT molecular complexity index is 736. The van der Waals surface area contributed by atoms with Crippen molar-refractivity contribution in [2.45, 2.75) is 51.9 Å². The molecular weight excluding hydrogens is 372 g/mol. The Morgan fingerprint density at radius 1 is 1.07 bits per heavy atom. The Hall–Kier alpha value is -1.57. The zero-order valence-corrected chi connectivity index (χ0v) is 18.0. The maximum atomic E-state index is 11.6. The van der Waals surface area contributed by atoms with Gasteiger partial charge in [-0.05, 0) is 38.8 Å². The number of hydrogen-bond acceptors (Lipinski definition) is 4. The first-order chi connectivity index (χ1) is 13.2. The molecule has 5 nitrogen and oxygen atoms in total. The van der Waals surface area contributed by atoms with Gasteiger partial charge >= 0.3 is 0 Å². The molecule has 0 aliphatic carbocycles. The van der Waals surface area contributed by atoms with Crippen LogP contribution in [0, 0.1) is 0 Å². The molecule has 154 valence electrons. The van der Waals surface area contributed by atoms with E-state index in [1.54, 1.807) is 0 Å². The van der Waals surface area contributed by atoms with Crippen molar-refractivity contribution in [3.8, 4) is 0 Å². The summed E-state index contributed by atoms with van der Waals surface area (Å²) in [6.07, 6.45) is 0. The van der Waals surface area contributed by atoms with E-state index in [-0.39, 0.29) is 17.7 Å². The lowest BCUT2D eigenvalue weighted by Gasteiger charge is -2.26. The fraction of sp³-hybridized carbons (Fsp3) is 0.455. The van der Waals surface area contributed by atoms with Crippen molar-refractivity contribution in [1.82, 2.24) is 9.62 Å². The van der Waals surface area contributed by atoms with Gasteiger partial charge in [-0.25, -0.2) is 4.21 Å². The van der Waals surface area contributed by atoms with E-state index in [1.807, 2.05) is 80.5 Å². The average Bonchev–Trinajstić information content (AvgIpc) is 2.95. The Labute approximate surface area is 171 Å². The Kier molecular flexibility index (Phi) is 8.34. The summed E-state index contributed by atoms with van der Waals surface area (Å²) in [5.41, 5.74) is 2.05. The summed E-state index contributed by atoms with van der Waals surface area (Å²) in [4.78, 5) is 0. The van der Waals surface area contributed by atoms with Gasteiger partial charge in [0.25, 0.3) is 0 Å². The molecule has 1 aliphatic rings. The van der Waals surface area contributed by atoms with Gasteiger partial charge in [0, 0.05) is 18.6 Å². The van der Waals surface area contributed by atoms with Crippen LogP contribution in [0.5, 0.6) is 0 Å². The van der Waals surface area contributed by atoms with Crippen molar-refractivity contribution in [3.63, 3.8) is 0 Å². The molecule has 0 bridgehead atoms. The highest BCUT2D eigenvalue weighted by molar-refractivity contribution is 7.78. The third kappa shape index (κ3) is 7.11. The molecular formula is C22H32N2O3S. The van der Waals surface area contributed by atoms with E-state index >= 15 is 0 Å². The van der Waals surface area contributed by atoms with Gasteiger partial charge in [-0.3, -0.25) is 4.18 Å². The van der Waals surface area contributed by atoms with Crippen LogP contribution in [0.2, 0.25) is 0 Å². The topological polar surface area (TPSA) is 61.8 Å². The minimum absolute atomic E-state index is 0.152. The van der Waals surface area contributed by atoms with Gasteiger partial charge in [0.2, 0.25) is 11.3 Å². The van der Waals surface area contributed by atoms with Crippen LogP contribution in [0.3, 0.4) is 0 Å². The monoisotopic (exact) mass is 404 g/mol. The van der Waals surface area contributed by atoms with Crippen molar-refractivity contribution in [2.24, 2.45) is 0 Å². The van der Waals surface area contributed by atoms with Crippen LogP contribution in [-0.4, -0.2) is 37.9 Å². The van der Waals surface area contributed by atoms with Gasteiger partial charge in [0.15, 0.2) is 0 Å². The number of hydrogen-bond donors (Lipinski definition) is 2. The van der Waals surface area contributed by atoms with Gasteiger partial charge in [-0.2, -0.15) is 4.31 Å². The number of nitrogens with one attached hydrogen (secondary N) is 1. The molecule has 0 spiro atoms. The molecule has 2 N–H and O–H groups in total. The van der Waals surface area contributed by atoms with E-state index in [4.69, 9.17) is 9.29 Å². The first-order valence-corrected chi connectivity index (χ1v) is 10.5. The Balaban J connectivity index is 0.000000203. The number of benzene rings is 2. The summed E-state index contributed by atoms with van der Waals surface area (Å²) in [6, 6.07) is 20.2. The van der Waals surface area contributed by atoms with Crippen molar-refractivity contribution in [2.75, 3.05) is 13.2 Å². The molecule has 1 heterocycles. The summed E-state index contributed by atoms with van der Waals surface area (Å²) in [7, 11) is 0. The summed E-state index contributed by atoms with van der Waals surface area (Å²) < 4.78 is 18.6. The highest BCUT2D eigenvalue weighted by Crippen LogP contribution is 2.27. The first kappa shape index (κ1) is 22.7. The van der Waals surface area contributed by atoms with Crippen molar-refractivity contribution >= 4 is 11.3 Å². The molecule has 1 unspecified atom stereocenters. The molecule has 1 fully saturated rings. The molecule has 0 saturated carbocycles. The molecule has 0 radical (unpaired) electrons. The first-order valence-electron chi connectivity index (χ1n) is 9.50. The minimum Gasteiger partial charge on any atom is -0.394 e. The largest absolute Gasteiger partial charge is 0.394 e. The van der Waals surface area contributed by atoms with Crippen LogP contribution in [0.1, 0.15) is 38.8 Å². The summed E-state index contributed by atoms with van der Waals surface area (Å²) >= 11 is -1.30. The maximum Gasteiger partial charge on any atom is 0.238 e. The molecule has 1 saturated heterocycles. The predicted octanol–water partition coefficient (Wildman–Crippen LogP) is 3.42. The van der Waals surface area contributed by atoms with E-state index in [0.717, 1.165) is 12.1 Å². The molecule has 3 rings (SSSR count). The summed E-state index contributed by atoms with van der Waals surface area (Å²) in [5, 5.41) is 12.3. The van der Waals surface area contributed by atoms with Crippen LogP contribution in [0.15, 0.2) is 60.7 Å². The molecule has 2 aromatic rings. The van der Waals surface area contributed by atoms with Crippen LogP contribution in [0.25, 0.3) is 0 Å². The van der Waals surface area contributed by atoms with Crippen LogP contribution in [0.4, 0.5) is 0 Å². The van der Waals surface area contributed by atoms with Crippen LogP contribution in [-0.2, 0) is 28.5 Å². The molecule has 0 amide bonds. The normalized spacial score (nSPS) is 19.1. The van der Waals surface area contributed by atoms with Gasteiger partial charge < -0.3 is 10.4 Å². The van der Waals surface area contributed by atoms with E-state index in [2.05, 4.69) is 17.4 Å². The van der Waals surface area contributed by atoms with Crippen molar-refractivity contribution in [1.29, 1.82) is 0 Å². The van der Waals surface area contributed by atoms with E-state index < -0.39 is 11.3 Å². The highest BCUT2D eigenvalue weighted by atomic mass is 32.2. The van der Waals surface area contributed by atoms with E-state index in [0.29, 0.717) is 13.2 Å². The van der Waals surface area contributed by atoms with Crippen LogP contribution < -0.4 is 5.32 Å². The van der Waals surface area contributed by atoms with Gasteiger partial charge in [-0.1, -0.05) is 60.7 Å². The predicted molar refractivity (Wildman–Crippen MR) is 115 cm³/mol. The fourth-order valence-corrected chi connectivity index (χ4v) is 3.77. The number of aliphatic hydroxyl groups is 1. The third-order valence-corrected chi connectivity index (χ3v) is 5.85. The number of nitrogens with zero attached hydrogens (tertiary/aromatic N) is 1. The lowest BCUT2D eigenvalue weighted by Crippen LogP contribution is -2.42. The molecule has 2 aromatic carbocycles. The molecule has 0 aromatic heterocycles. The second-order valence-electron chi connectivity index (χ2n) is 8.20. The van der Waals surface area contributed by atoms with E-state index in [9.17, 15) is 4.21 Å². The van der Waals surface area contributed by atoms with Gasteiger partial charge in [0.05, 0.1) is 18.8 Å². The lowest BCUT2D eigenvalue weighted by atomic mass is 10.1. The number of rotatable bonds is 6. The second kappa shape index (κ2) is 10.3. The van der Waals surface area contributed by atoms with Gasteiger partial charge in [0.1, 0.15) is 0 Å². The SMILES string of the molecule is CC(C)(CO)NCc1ccccc1.CC1(C)COS(=O)N1Cc1ccccc1. The molecule has 1 aliphatic heterocycles. The summed E-state index contributed by atoms with van der Waals surface area (Å²) in [6.45, 7) is 10.2. The molecule has 6 heteroatoms.